The standard InChI is InChI=1S/C8H9BrFNOS/c1-5(3-10)11-8(12)7-2-6(9)4-13-7/h2,4-5H,3H2,1H3,(H,11,12). The van der Waals surface area contributed by atoms with Crippen LogP contribution in [0, 0.1) is 0 Å². The fourth-order valence-electron chi connectivity index (χ4n) is 0.766. The number of amides is 1. The number of thiophene rings is 1. The second-order valence-corrected chi connectivity index (χ2v) is 4.48. The van der Waals surface area contributed by atoms with Crippen molar-refractivity contribution in [1.82, 2.24) is 5.32 Å². The monoisotopic (exact) mass is 265 g/mol. The van der Waals surface area contributed by atoms with Crippen LogP contribution in [0.3, 0.4) is 0 Å². The second kappa shape index (κ2) is 4.72. The van der Waals surface area contributed by atoms with E-state index >= 15 is 0 Å². The first kappa shape index (κ1) is 10.7. The van der Waals surface area contributed by atoms with Gasteiger partial charge in [0.2, 0.25) is 0 Å². The lowest BCUT2D eigenvalue weighted by molar-refractivity contribution is 0.0938. The Labute approximate surface area is 88.3 Å². The molecule has 0 aliphatic carbocycles. The molecule has 0 bridgehead atoms. The maximum Gasteiger partial charge on any atom is 0.261 e. The molecule has 1 aromatic rings. The molecule has 1 amide bonds. The van der Waals surface area contributed by atoms with Gasteiger partial charge >= 0.3 is 0 Å². The molecule has 0 radical (unpaired) electrons. The van der Waals surface area contributed by atoms with Crippen LogP contribution in [0.15, 0.2) is 15.9 Å². The minimum atomic E-state index is -0.543. The molecule has 0 saturated heterocycles. The van der Waals surface area contributed by atoms with E-state index in [0.717, 1.165) is 4.47 Å². The molecule has 13 heavy (non-hydrogen) atoms. The van der Waals surface area contributed by atoms with E-state index in [2.05, 4.69) is 21.2 Å². The molecule has 2 nitrogen and oxygen atoms in total. The highest BCUT2D eigenvalue weighted by molar-refractivity contribution is 9.10. The van der Waals surface area contributed by atoms with Gasteiger partial charge in [-0.25, -0.2) is 4.39 Å². The molecule has 72 valence electrons. The topological polar surface area (TPSA) is 29.1 Å². The third-order valence-corrected chi connectivity index (χ3v) is 3.09. The third-order valence-electron chi connectivity index (χ3n) is 1.40. The highest BCUT2D eigenvalue weighted by atomic mass is 79.9. The Hall–Kier alpha value is -0.420. The molecule has 0 aliphatic heterocycles. The van der Waals surface area contributed by atoms with Gasteiger partial charge < -0.3 is 5.32 Å². The van der Waals surface area contributed by atoms with E-state index in [1.165, 1.54) is 11.3 Å². The molecule has 1 atom stereocenters. The molecular formula is C8H9BrFNOS. The lowest BCUT2D eigenvalue weighted by Gasteiger charge is -2.07. The smallest absolute Gasteiger partial charge is 0.261 e. The van der Waals surface area contributed by atoms with Crippen molar-refractivity contribution in [1.29, 1.82) is 0 Å². The maximum atomic E-state index is 12.0. The van der Waals surface area contributed by atoms with Crippen LogP contribution in [0.2, 0.25) is 0 Å². The lowest BCUT2D eigenvalue weighted by atomic mass is 10.3. The van der Waals surface area contributed by atoms with Gasteiger partial charge in [0.25, 0.3) is 5.91 Å². The molecule has 1 unspecified atom stereocenters. The molecule has 1 rings (SSSR count). The van der Waals surface area contributed by atoms with Crippen molar-refractivity contribution in [2.24, 2.45) is 0 Å². The highest BCUT2D eigenvalue weighted by Gasteiger charge is 2.10. The molecule has 0 aliphatic rings. The summed E-state index contributed by atoms with van der Waals surface area (Å²) in [7, 11) is 0. The van der Waals surface area contributed by atoms with E-state index < -0.39 is 12.7 Å². The van der Waals surface area contributed by atoms with Crippen molar-refractivity contribution in [2.45, 2.75) is 13.0 Å². The maximum absolute atomic E-state index is 12.0. The number of halogens is 2. The summed E-state index contributed by atoms with van der Waals surface area (Å²) >= 11 is 4.57. The van der Waals surface area contributed by atoms with Gasteiger partial charge in [0.15, 0.2) is 0 Å². The number of carbonyl (C=O) groups is 1. The minimum Gasteiger partial charge on any atom is -0.346 e. The van der Waals surface area contributed by atoms with E-state index in [9.17, 15) is 9.18 Å². The molecule has 1 aromatic heterocycles. The van der Waals surface area contributed by atoms with Gasteiger partial charge in [0, 0.05) is 9.85 Å². The molecule has 1 N–H and O–H groups in total. The third kappa shape index (κ3) is 3.08. The average Bonchev–Trinajstić information content (AvgIpc) is 2.51. The first-order valence-corrected chi connectivity index (χ1v) is 5.41. The quantitative estimate of drug-likeness (QED) is 0.895. The summed E-state index contributed by atoms with van der Waals surface area (Å²) in [5.74, 6) is -0.221. The van der Waals surface area contributed by atoms with Crippen molar-refractivity contribution in [3.05, 3.63) is 20.8 Å². The van der Waals surface area contributed by atoms with Crippen LogP contribution < -0.4 is 5.32 Å². The van der Waals surface area contributed by atoms with Gasteiger partial charge in [-0.05, 0) is 28.9 Å². The van der Waals surface area contributed by atoms with Crippen LogP contribution in [0.1, 0.15) is 16.6 Å². The molecular weight excluding hydrogens is 257 g/mol. The lowest BCUT2D eigenvalue weighted by Crippen LogP contribution is -2.33. The summed E-state index contributed by atoms with van der Waals surface area (Å²) < 4.78 is 12.9. The zero-order chi connectivity index (χ0) is 9.84. The van der Waals surface area contributed by atoms with Crippen LogP contribution in [0.5, 0.6) is 0 Å². The largest absolute Gasteiger partial charge is 0.346 e. The van der Waals surface area contributed by atoms with Gasteiger partial charge in [-0.2, -0.15) is 0 Å². The van der Waals surface area contributed by atoms with Crippen molar-refractivity contribution in [2.75, 3.05) is 6.67 Å². The first-order chi connectivity index (χ1) is 6.13. The Bertz CT molecular complexity index is 302. The predicted molar refractivity (Wildman–Crippen MR) is 54.9 cm³/mol. The fraction of sp³-hybridized carbons (Fsp3) is 0.375. The van der Waals surface area contributed by atoms with Gasteiger partial charge in [-0.15, -0.1) is 11.3 Å². The van der Waals surface area contributed by atoms with Crippen molar-refractivity contribution < 1.29 is 9.18 Å². The van der Waals surface area contributed by atoms with Gasteiger partial charge in [-0.3, -0.25) is 4.79 Å². The normalized spacial score (nSPS) is 12.5. The number of hydrogen-bond acceptors (Lipinski definition) is 2. The van der Waals surface area contributed by atoms with E-state index in [-0.39, 0.29) is 5.91 Å². The molecule has 0 aromatic carbocycles. The molecule has 0 saturated carbocycles. The van der Waals surface area contributed by atoms with E-state index in [4.69, 9.17) is 0 Å². The Kier molecular flexibility index (Phi) is 3.87. The summed E-state index contributed by atoms with van der Waals surface area (Å²) in [6.07, 6.45) is 0. The Morgan fingerprint density at radius 1 is 1.85 bits per heavy atom. The summed E-state index contributed by atoms with van der Waals surface area (Å²) in [5, 5.41) is 4.35. The zero-order valence-corrected chi connectivity index (χ0v) is 9.41. The van der Waals surface area contributed by atoms with E-state index in [1.807, 2.05) is 5.38 Å². The van der Waals surface area contributed by atoms with Crippen LogP contribution in [-0.2, 0) is 0 Å². The fourth-order valence-corrected chi connectivity index (χ4v) is 2.09. The van der Waals surface area contributed by atoms with Crippen molar-refractivity contribution in [3.63, 3.8) is 0 Å². The Morgan fingerprint density at radius 3 is 3.00 bits per heavy atom. The van der Waals surface area contributed by atoms with Gasteiger partial charge in [0.05, 0.1) is 10.9 Å². The van der Waals surface area contributed by atoms with E-state index in [1.54, 1.807) is 13.0 Å². The number of alkyl halides is 1. The summed E-state index contributed by atoms with van der Waals surface area (Å²) in [6.45, 7) is 1.08. The molecule has 0 fully saturated rings. The average molecular weight is 266 g/mol. The molecule has 5 heteroatoms. The van der Waals surface area contributed by atoms with Crippen molar-refractivity contribution in [3.8, 4) is 0 Å². The zero-order valence-electron chi connectivity index (χ0n) is 7.01. The second-order valence-electron chi connectivity index (χ2n) is 2.66. The number of hydrogen-bond donors (Lipinski definition) is 1. The summed E-state index contributed by atoms with van der Waals surface area (Å²) in [6, 6.07) is 1.29. The Morgan fingerprint density at radius 2 is 2.54 bits per heavy atom. The molecule has 1 heterocycles. The summed E-state index contributed by atoms with van der Waals surface area (Å²) in [5.41, 5.74) is 0. The van der Waals surface area contributed by atoms with Crippen LogP contribution >= 0.6 is 27.3 Å². The number of rotatable bonds is 3. The molecule has 0 spiro atoms. The van der Waals surface area contributed by atoms with Crippen LogP contribution in [0.4, 0.5) is 4.39 Å². The minimum absolute atomic E-state index is 0.221. The number of nitrogens with one attached hydrogen (secondary N) is 1. The predicted octanol–water partition coefficient (Wildman–Crippen LogP) is 2.60. The van der Waals surface area contributed by atoms with Crippen molar-refractivity contribution >= 4 is 33.2 Å². The first-order valence-electron chi connectivity index (χ1n) is 3.74. The van der Waals surface area contributed by atoms with Crippen LogP contribution in [0.25, 0.3) is 0 Å². The SMILES string of the molecule is CC(CF)NC(=O)c1cc(Br)cs1. The van der Waals surface area contributed by atoms with E-state index in [0.29, 0.717) is 4.88 Å². The number of carbonyl (C=O) groups excluding carboxylic acids is 1. The highest BCUT2D eigenvalue weighted by Crippen LogP contribution is 2.19. The van der Waals surface area contributed by atoms with Crippen LogP contribution in [-0.4, -0.2) is 18.6 Å². The summed E-state index contributed by atoms with van der Waals surface area (Å²) in [4.78, 5) is 11.9. The van der Waals surface area contributed by atoms with Gasteiger partial charge in [-0.1, -0.05) is 0 Å². The van der Waals surface area contributed by atoms with Gasteiger partial charge in [0.1, 0.15) is 6.67 Å². The Balaban J connectivity index is 2.58.